The highest BCUT2D eigenvalue weighted by Crippen LogP contribution is 2.22. The number of hydrogen-bond acceptors (Lipinski definition) is 5. The zero-order valence-electron chi connectivity index (χ0n) is 18.3. The number of pyridine rings is 1. The second-order valence-electron chi connectivity index (χ2n) is 7.60. The van der Waals surface area contributed by atoms with E-state index in [4.69, 9.17) is 0 Å². The molecule has 31 heavy (non-hydrogen) atoms. The van der Waals surface area contributed by atoms with Crippen molar-refractivity contribution in [3.8, 4) is 5.69 Å². The van der Waals surface area contributed by atoms with Crippen molar-refractivity contribution in [1.29, 1.82) is 0 Å². The number of amides is 2. The Kier molecular flexibility index (Phi) is 7.15. The Hall–Kier alpha value is -3.52. The lowest BCUT2D eigenvalue weighted by molar-refractivity contribution is -0.119. The highest BCUT2D eigenvalue weighted by molar-refractivity contribution is 5.93. The number of carbonyl (C=O) groups is 2. The normalized spacial score (nSPS) is 10.9. The minimum Gasteiger partial charge on any atom is -0.323 e. The van der Waals surface area contributed by atoms with E-state index in [0.29, 0.717) is 12.4 Å². The Morgan fingerprint density at radius 3 is 2.48 bits per heavy atom. The first-order chi connectivity index (χ1) is 14.8. The van der Waals surface area contributed by atoms with Crippen molar-refractivity contribution < 1.29 is 9.59 Å². The number of aryl methyl sites for hydroxylation is 2. The molecule has 0 saturated carbocycles. The summed E-state index contributed by atoms with van der Waals surface area (Å²) in [4.78, 5) is 30.6. The third-order valence-electron chi connectivity index (χ3n) is 4.87. The monoisotopic (exact) mass is 420 g/mol. The van der Waals surface area contributed by atoms with Crippen LogP contribution < -0.4 is 10.6 Å². The molecule has 0 bridgehead atoms. The molecule has 0 saturated heterocycles. The third kappa shape index (κ3) is 5.99. The summed E-state index contributed by atoms with van der Waals surface area (Å²) in [5, 5.41) is 10.3. The zero-order valence-corrected chi connectivity index (χ0v) is 18.3. The van der Waals surface area contributed by atoms with E-state index in [1.807, 2.05) is 67.9 Å². The van der Waals surface area contributed by atoms with Gasteiger partial charge in [0.1, 0.15) is 5.82 Å². The van der Waals surface area contributed by atoms with Gasteiger partial charge in [-0.2, -0.15) is 5.10 Å². The maximum absolute atomic E-state index is 12.5. The van der Waals surface area contributed by atoms with Crippen molar-refractivity contribution in [2.24, 2.45) is 0 Å². The van der Waals surface area contributed by atoms with E-state index in [-0.39, 0.29) is 24.8 Å². The van der Waals surface area contributed by atoms with E-state index in [1.165, 1.54) is 0 Å². The molecule has 0 fully saturated rings. The third-order valence-corrected chi connectivity index (χ3v) is 4.87. The SMILES string of the molecule is Cc1ccnc(NC(=O)CN(C)CCC(=O)Nc2c(C)nn(-c3ccccc3)c2C)c1. The first-order valence-electron chi connectivity index (χ1n) is 10.2. The predicted molar refractivity (Wildman–Crippen MR) is 121 cm³/mol. The summed E-state index contributed by atoms with van der Waals surface area (Å²) in [6.07, 6.45) is 1.92. The van der Waals surface area contributed by atoms with Gasteiger partial charge in [-0.25, -0.2) is 9.67 Å². The van der Waals surface area contributed by atoms with Crippen LogP contribution in [0.25, 0.3) is 5.69 Å². The van der Waals surface area contributed by atoms with Crippen LogP contribution in [0.3, 0.4) is 0 Å². The maximum Gasteiger partial charge on any atom is 0.239 e. The van der Waals surface area contributed by atoms with Gasteiger partial charge in [0.2, 0.25) is 11.8 Å². The summed E-state index contributed by atoms with van der Waals surface area (Å²) in [5.74, 6) is 0.237. The lowest BCUT2D eigenvalue weighted by Crippen LogP contribution is -2.32. The topological polar surface area (TPSA) is 92.2 Å². The Morgan fingerprint density at radius 2 is 1.77 bits per heavy atom. The van der Waals surface area contributed by atoms with E-state index in [0.717, 1.165) is 28.3 Å². The lowest BCUT2D eigenvalue weighted by atomic mass is 10.2. The number of carbonyl (C=O) groups excluding carboxylic acids is 2. The largest absolute Gasteiger partial charge is 0.323 e. The molecule has 2 heterocycles. The second-order valence-corrected chi connectivity index (χ2v) is 7.60. The van der Waals surface area contributed by atoms with E-state index in [1.54, 1.807) is 18.1 Å². The van der Waals surface area contributed by atoms with Crippen LogP contribution in [0.15, 0.2) is 48.7 Å². The van der Waals surface area contributed by atoms with Gasteiger partial charge in [-0.15, -0.1) is 0 Å². The van der Waals surface area contributed by atoms with E-state index >= 15 is 0 Å². The van der Waals surface area contributed by atoms with E-state index in [9.17, 15) is 9.59 Å². The summed E-state index contributed by atoms with van der Waals surface area (Å²) in [5.41, 5.74) is 4.32. The molecule has 0 aliphatic rings. The van der Waals surface area contributed by atoms with Crippen LogP contribution in [0.2, 0.25) is 0 Å². The fourth-order valence-corrected chi connectivity index (χ4v) is 3.25. The van der Waals surface area contributed by atoms with Gasteiger partial charge in [0.15, 0.2) is 0 Å². The molecule has 3 aromatic rings. The molecule has 8 heteroatoms. The number of benzene rings is 1. The van der Waals surface area contributed by atoms with Crippen LogP contribution >= 0.6 is 0 Å². The van der Waals surface area contributed by atoms with Crippen molar-refractivity contribution in [3.63, 3.8) is 0 Å². The zero-order chi connectivity index (χ0) is 22.4. The molecule has 0 radical (unpaired) electrons. The predicted octanol–water partition coefficient (Wildman–Crippen LogP) is 3.09. The summed E-state index contributed by atoms with van der Waals surface area (Å²) < 4.78 is 1.82. The van der Waals surface area contributed by atoms with Gasteiger partial charge in [0.05, 0.1) is 29.3 Å². The summed E-state index contributed by atoms with van der Waals surface area (Å²) in [6, 6.07) is 13.5. The highest BCUT2D eigenvalue weighted by Gasteiger charge is 2.16. The van der Waals surface area contributed by atoms with Crippen molar-refractivity contribution >= 4 is 23.3 Å². The molecule has 2 amide bonds. The van der Waals surface area contributed by atoms with Crippen LogP contribution in [0.1, 0.15) is 23.4 Å². The van der Waals surface area contributed by atoms with Gasteiger partial charge < -0.3 is 10.6 Å². The highest BCUT2D eigenvalue weighted by atomic mass is 16.2. The first-order valence-corrected chi connectivity index (χ1v) is 10.2. The molecule has 162 valence electrons. The molecular formula is C23H28N6O2. The smallest absolute Gasteiger partial charge is 0.239 e. The molecule has 0 aliphatic heterocycles. The Labute approximate surface area is 182 Å². The molecule has 1 aromatic carbocycles. The average Bonchev–Trinajstić information content (AvgIpc) is 3.01. The number of likely N-dealkylation sites (N-methyl/N-ethyl adjacent to an activating group) is 1. The molecule has 0 spiro atoms. The Balaban J connectivity index is 1.51. The van der Waals surface area contributed by atoms with Crippen LogP contribution in [-0.2, 0) is 9.59 Å². The molecule has 2 N–H and O–H groups in total. The van der Waals surface area contributed by atoms with Crippen molar-refractivity contribution in [3.05, 3.63) is 65.6 Å². The van der Waals surface area contributed by atoms with Gasteiger partial charge >= 0.3 is 0 Å². The molecule has 2 aromatic heterocycles. The van der Waals surface area contributed by atoms with Crippen LogP contribution in [0, 0.1) is 20.8 Å². The van der Waals surface area contributed by atoms with Crippen molar-refractivity contribution in [1.82, 2.24) is 19.7 Å². The van der Waals surface area contributed by atoms with Crippen LogP contribution in [-0.4, -0.2) is 51.6 Å². The number of aromatic nitrogens is 3. The van der Waals surface area contributed by atoms with Gasteiger partial charge in [0, 0.05) is 19.2 Å². The van der Waals surface area contributed by atoms with Crippen LogP contribution in [0.4, 0.5) is 11.5 Å². The molecule has 0 unspecified atom stereocenters. The lowest BCUT2D eigenvalue weighted by Gasteiger charge is -2.16. The number of nitrogens with zero attached hydrogens (tertiary/aromatic N) is 4. The average molecular weight is 421 g/mol. The summed E-state index contributed by atoms with van der Waals surface area (Å²) >= 11 is 0. The Bertz CT molecular complexity index is 1060. The van der Waals surface area contributed by atoms with Gasteiger partial charge in [-0.3, -0.25) is 14.5 Å². The van der Waals surface area contributed by atoms with Gasteiger partial charge in [0.25, 0.3) is 0 Å². The van der Waals surface area contributed by atoms with E-state index < -0.39 is 0 Å². The fourth-order valence-electron chi connectivity index (χ4n) is 3.25. The summed E-state index contributed by atoms with van der Waals surface area (Å²) in [6.45, 7) is 6.36. The summed E-state index contributed by atoms with van der Waals surface area (Å²) in [7, 11) is 1.81. The number of hydrogen-bond donors (Lipinski definition) is 2. The first kappa shape index (κ1) is 22.2. The molecule has 3 rings (SSSR count). The molecule has 8 nitrogen and oxygen atoms in total. The fraction of sp³-hybridized carbons (Fsp3) is 0.304. The quantitative estimate of drug-likeness (QED) is 0.584. The molecule has 0 atom stereocenters. The van der Waals surface area contributed by atoms with Gasteiger partial charge in [-0.1, -0.05) is 18.2 Å². The van der Waals surface area contributed by atoms with Crippen molar-refractivity contribution in [2.45, 2.75) is 27.2 Å². The van der Waals surface area contributed by atoms with Crippen molar-refractivity contribution in [2.75, 3.05) is 30.8 Å². The maximum atomic E-state index is 12.5. The van der Waals surface area contributed by atoms with Gasteiger partial charge in [-0.05, 0) is 57.6 Å². The minimum atomic E-state index is -0.170. The van der Waals surface area contributed by atoms with E-state index in [2.05, 4.69) is 20.7 Å². The van der Waals surface area contributed by atoms with Crippen LogP contribution in [0.5, 0.6) is 0 Å². The second kappa shape index (κ2) is 9.99. The standard InChI is InChI=1S/C23H28N6O2/c1-16-10-12-24-20(14-16)25-22(31)15-28(4)13-11-21(30)26-23-17(2)27-29(18(23)3)19-8-6-5-7-9-19/h5-10,12,14H,11,13,15H2,1-4H3,(H,26,30)(H,24,25,31). The molecular weight excluding hydrogens is 392 g/mol. The Morgan fingerprint density at radius 1 is 1.03 bits per heavy atom. The minimum absolute atomic E-state index is 0.119. The number of nitrogens with one attached hydrogen (secondary N) is 2. The number of anilines is 2. The number of rotatable bonds is 8. The molecule has 0 aliphatic carbocycles. The number of para-hydroxylation sites is 1.